The third kappa shape index (κ3) is 4.34. The zero-order valence-corrected chi connectivity index (χ0v) is 18.0. The summed E-state index contributed by atoms with van der Waals surface area (Å²) in [5.74, 6) is 0.658. The van der Waals surface area contributed by atoms with Gasteiger partial charge in [0.1, 0.15) is 11.9 Å². The molecule has 0 bridgehead atoms. The molecule has 4 rings (SSSR count). The average molecular weight is 411 g/mol. The Kier molecular flexibility index (Phi) is 5.66. The standard InChI is InChI=1S/C24H27ClN2O2/c1-15-10-16(2)12-17(11-15)22-23(29-19-6-4-5-9-27(3)14-19)20-8-7-18(25)13-21(20)26-24(22)28/h7-8,10-13,19H,4-6,9,14H2,1-3H3,(H,26,28). The summed E-state index contributed by atoms with van der Waals surface area (Å²) in [5.41, 5.74) is 4.27. The maximum Gasteiger partial charge on any atom is 0.260 e. The molecule has 1 aliphatic heterocycles. The molecule has 1 aliphatic rings. The molecule has 1 unspecified atom stereocenters. The van der Waals surface area contributed by atoms with Gasteiger partial charge in [-0.3, -0.25) is 4.79 Å². The Morgan fingerprint density at radius 1 is 1.10 bits per heavy atom. The van der Waals surface area contributed by atoms with Crippen molar-refractivity contribution in [3.8, 4) is 16.9 Å². The van der Waals surface area contributed by atoms with Crippen LogP contribution in [-0.4, -0.2) is 36.1 Å². The number of likely N-dealkylation sites (tertiary alicyclic amines) is 1. The SMILES string of the molecule is Cc1cc(C)cc(-c2c(OC3CCCCN(C)C3)c3ccc(Cl)cc3[nH]c2=O)c1. The largest absolute Gasteiger partial charge is 0.488 e. The number of likely N-dealkylation sites (N-methyl/N-ethyl adjacent to an activating group) is 1. The number of aryl methyl sites for hydroxylation is 2. The van der Waals surface area contributed by atoms with Crippen LogP contribution < -0.4 is 10.3 Å². The number of ether oxygens (including phenoxy) is 1. The van der Waals surface area contributed by atoms with E-state index < -0.39 is 0 Å². The molecule has 5 heteroatoms. The summed E-state index contributed by atoms with van der Waals surface area (Å²) in [6.45, 7) is 6.03. The van der Waals surface area contributed by atoms with Crippen LogP contribution in [0.15, 0.2) is 41.2 Å². The smallest absolute Gasteiger partial charge is 0.260 e. The Bertz CT molecular complexity index is 1090. The number of hydrogen-bond donors (Lipinski definition) is 1. The van der Waals surface area contributed by atoms with Crippen molar-refractivity contribution in [2.24, 2.45) is 0 Å². The monoisotopic (exact) mass is 410 g/mol. The van der Waals surface area contributed by atoms with Gasteiger partial charge in [-0.15, -0.1) is 0 Å². The molecule has 1 atom stereocenters. The first-order valence-corrected chi connectivity index (χ1v) is 10.6. The van der Waals surface area contributed by atoms with Gasteiger partial charge in [-0.05, 0) is 70.5 Å². The van der Waals surface area contributed by atoms with Gasteiger partial charge < -0.3 is 14.6 Å². The maximum absolute atomic E-state index is 13.2. The van der Waals surface area contributed by atoms with Crippen molar-refractivity contribution in [2.75, 3.05) is 20.1 Å². The van der Waals surface area contributed by atoms with E-state index in [2.05, 4.69) is 23.0 Å². The van der Waals surface area contributed by atoms with Crippen LogP contribution >= 0.6 is 11.6 Å². The molecule has 0 saturated carbocycles. The summed E-state index contributed by atoms with van der Waals surface area (Å²) >= 11 is 6.18. The number of nitrogens with zero attached hydrogens (tertiary/aromatic N) is 1. The molecule has 152 valence electrons. The molecule has 3 aromatic rings. The first-order chi connectivity index (χ1) is 13.9. The predicted molar refractivity (Wildman–Crippen MR) is 120 cm³/mol. The van der Waals surface area contributed by atoms with Crippen LogP contribution in [0.2, 0.25) is 5.02 Å². The minimum atomic E-state index is -0.151. The predicted octanol–water partition coefficient (Wildman–Crippen LogP) is 5.33. The van der Waals surface area contributed by atoms with Crippen LogP contribution in [0.3, 0.4) is 0 Å². The van der Waals surface area contributed by atoms with Gasteiger partial charge in [-0.2, -0.15) is 0 Å². The lowest BCUT2D eigenvalue weighted by atomic mass is 9.99. The van der Waals surface area contributed by atoms with Crippen molar-refractivity contribution >= 4 is 22.5 Å². The zero-order valence-electron chi connectivity index (χ0n) is 17.2. The molecule has 2 heterocycles. The molecule has 0 radical (unpaired) electrons. The molecule has 1 N–H and O–H groups in total. The van der Waals surface area contributed by atoms with Crippen LogP contribution in [0.5, 0.6) is 5.75 Å². The van der Waals surface area contributed by atoms with Crippen LogP contribution in [0.1, 0.15) is 30.4 Å². The van der Waals surface area contributed by atoms with Crippen molar-refractivity contribution in [1.82, 2.24) is 9.88 Å². The van der Waals surface area contributed by atoms with Gasteiger partial charge in [0, 0.05) is 17.0 Å². The van der Waals surface area contributed by atoms with E-state index in [9.17, 15) is 4.79 Å². The van der Waals surface area contributed by atoms with Crippen LogP contribution in [0, 0.1) is 13.8 Å². The molecule has 0 spiro atoms. The Hall–Kier alpha value is -2.30. The fourth-order valence-electron chi connectivity index (χ4n) is 4.29. The maximum atomic E-state index is 13.2. The molecule has 1 saturated heterocycles. The summed E-state index contributed by atoms with van der Waals surface area (Å²) in [4.78, 5) is 18.5. The molecule has 2 aromatic carbocycles. The summed E-state index contributed by atoms with van der Waals surface area (Å²) in [7, 11) is 2.13. The molecule has 0 aliphatic carbocycles. The van der Waals surface area contributed by atoms with E-state index in [1.165, 1.54) is 6.42 Å². The van der Waals surface area contributed by atoms with Gasteiger partial charge >= 0.3 is 0 Å². The second kappa shape index (κ2) is 8.21. The third-order valence-electron chi connectivity index (χ3n) is 5.55. The second-order valence-corrected chi connectivity index (χ2v) is 8.66. The van der Waals surface area contributed by atoms with Crippen molar-refractivity contribution in [1.29, 1.82) is 0 Å². The highest BCUT2D eigenvalue weighted by Crippen LogP contribution is 2.36. The fraction of sp³-hybridized carbons (Fsp3) is 0.375. The fourth-order valence-corrected chi connectivity index (χ4v) is 4.46. The lowest BCUT2D eigenvalue weighted by molar-refractivity contribution is 0.158. The van der Waals surface area contributed by atoms with Crippen molar-refractivity contribution in [2.45, 2.75) is 39.2 Å². The topological polar surface area (TPSA) is 45.3 Å². The Balaban J connectivity index is 1.92. The highest BCUT2D eigenvalue weighted by molar-refractivity contribution is 6.31. The summed E-state index contributed by atoms with van der Waals surface area (Å²) in [6.07, 6.45) is 3.33. The molecule has 4 nitrogen and oxygen atoms in total. The number of benzene rings is 2. The molecule has 29 heavy (non-hydrogen) atoms. The van der Waals surface area contributed by atoms with E-state index in [4.69, 9.17) is 16.3 Å². The molecule has 1 fully saturated rings. The zero-order chi connectivity index (χ0) is 20.5. The minimum absolute atomic E-state index is 0.0489. The Morgan fingerprint density at radius 2 is 1.86 bits per heavy atom. The van der Waals surface area contributed by atoms with Gasteiger partial charge in [-0.1, -0.05) is 40.9 Å². The van der Waals surface area contributed by atoms with Crippen LogP contribution in [0.25, 0.3) is 22.0 Å². The van der Waals surface area contributed by atoms with Gasteiger partial charge in [0.2, 0.25) is 0 Å². The molecular weight excluding hydrogens is 384 g/mol. The quantitative estimate of drug-likeness (QED) is 0.634. The van der Waals surface area contributed by atoms with E-state index in [-0.39, 0.29) is 11.7 Å². The third-order valence-corrected chi connectivity index (χ3v) is 5.79. The van der Waals surface area contributed by atoms with E-state index in [0.717, 1.165) is 48.0 Å². The second-order valence-electron chi connectivity index (χ2n) is 8.22. The first kappa shape index (κ1) is 20.0. The van der Waals surface area contributed by atoms with Crippen molar-refractivity contribution < 1.29 is 4.74 Å². The van der Waals surface area contributed by atoms with Gasteiger partial charge in [0.25, 0.3) is 5.56 Å². The molecule has 0 amide bonds. The van der Waals surface area contributed by atoms with Crippen molar-refractivity contribution in [3.63, 3.8) is 0 Å². The van der Waals surface area contributed by atoms with Crippen LogP contribution in [0.4, 0.5) is 0 Å². The molecule has 1 aromatic heterocycles. The number of rotatable bonds is 3. The van der Waals surface area contributed by atoms with Gasteiger partial charge in [0.15, 0.2) is 0 Å². The summed E-state index contributed by atoms with van der Waals surface area (Å²) in [5, 5.41) is 1.47. The van der Waals surface area contributed by atoms with E-state index in [0.29, 0.717) is 21.9 Å². The van der Waals surface area contributed by atoms with Crippen molar-refractivity contribution in [3.05, 3.63) is 62.9 Å². The number of hydrogen-bond acceptors (Lipinski definition) is 3. The van der Waals surface area contributed by atoms with Gasteiger partial charge in [-0.25, -0.2) is 0 Å². The van der Waals surface area contributed by atoms with Gasteiger partial charge in [0.05, 0.1) is 11.1 Å². The normalized spacial score (nSPS) is 18.0. The summed E-state index contributed by atoms with van der Waals surface area (Å²) in [6, 6.07) is 11.8. The number of H-pyrrole nitrogens is 1. The highest BCUT2D eigenvalue weighted by Gasteiger charge is 2.23. The highest BCUT2D eigenvalue weighted by atomic mass is 35.5. The number of aromatic nitrogens is 1. The van der Waals surface area contributed by atoms with E-state index in [1.807, 2.05) is 38.1 Å². The number of aromatic amines is 1. The number of pyridine rings is 1. The minimum Gasteiger partial charge on any atom is -0.488 e. The number of nitrogens with one attached hydrogen (secondary N) is 1. The van der Waals surface area contributed by atoms with Crippen LogP contribution in [-0.2, 0) is 0 Å². The average Bonchev–Trinajstić information content (AvgIpc) is 2.84. The Labute approximate surface area is 176 Å². The number of fused-ring (bicyclic) bond motifs is 1. The lowest BCUT2D eigenvalue weighted by Crippen LogP contribution is -2.31. The molecular formula is C24H27ClN2O2. The van der Waals surface area contributed by atoms with E-state index in [1.54, 1.807) is 6.07 Å². The Morgan fingerprint density at radius 3 is 2.62 bits per heavy atom. The lowest BCUT2D eigenvalue weighted by Gasteiger charge is -2.24. The van der Waals surface area contributed by atoms with E-state index >= 15 is 0 Å². The number of halogens is 1. The summed E-state index contributed by atoms with van der Waals surface area (Å²) < 4.78 is 6.60. The first-order valence-electron chi connectivity index (χ1n) is 10.2.